The lowest BCUT2D eigenvalue weighted by molar-refractivity contribution is 0.0943. The van der Waals surface area contributed by atoms with Crippen LogP contribution in [-0.4, -0.2) is 20.9 Å². The van der Waals surface area contributed by atoms with Crippen LogP contribution in [0.4, 0.5) is 5.82 Å². The van der Waals surface area contributed by atoms with Crippen molar-refractivity contribution < 1.29 is 4.79 Å². The summed E-state index contributed by atoms with van der Waals surface area (Å²) in [6.07, 6.45) is 1.59. The summed E-state index contributed by atoms with van der Waals surface area (Å²) in [7, 11) is 0. The average Bonchev–Trinajstić information content (AvgIpc) is 2.62. The second-order valence-corrected chi connectivity index (χ2v) is 4.77. The van der Waals surface area contributed by atoms with E-state index in [-0.39, 0.29) is 5.82 Å². The summed E-state index contributed by atoms with van der Waals surface area (Å²) >= 11 is 0. The van der Waals surface area contributed by atoms with Crippen LogP contribution in [-0.2, 0) is 0 Å². The summed E-state index contributed by atoms with van der Waals surface area (Å²) in [5, 5.41) is 0. The molecule has 0 bridgehead atoms. The zero-order valence-electron chi connectivity index (χ0n) is 12.1. The summed E-state index contributed by atoms with van der Waals surface area (Å²) in [5.41, 5.74) is 10.4. The number of benzene rings is 1. The Kier molecular flexibility index (Phi) is 3.94. The Morgan fingerprint density at radius 2 is 1.65 bits per heavy atom. The quantitative estimate of drug-likeness (QED) is 0.382. The van der Waals surface area contributed by atoms with Crippen LogP contribution in [0.1, 0.15) is 10.6 Å². The first-order valence-electron chi connectivity index (χ1n) is 6.85. The van der Waals surface area contributed by atoms with Gasteiger partial charge in [0.25, 0.3) is 0 Å². The fourth-order valence-corrected chi connectivity index (χ4v) is 2.07. The number of nitrogens with zero attached hydrogens (tertiary/aromatic N) is 3. The van der Waals surface area contributed by atoms with E-state index in [9.17, 15) is 4.79 Å². The van der Waals surface area contributed by atoms with Crippen molar-refractivity contribution in [2.45, 2.75) is 0 Å². The van der Waals surface area contributed by atoms with Gasteiger partial charge in [0.15, 0.2) is 0 Å². The van der Waals surface area contributed by atoms with Crippen molar-refractivity contribution in [3.63, 3.8) is 0 Å². The molecule has 2 aromatic heterocycles. The number of hydrogen-bond acceptors (Lipinski definition) is 6. The minimum absolute atomic E-state index is 0.0133. The molecule has 2 heterocycles. The number of anilines is 1. The van der Waals surface area contributed by atoms with Crippen molar-refractivity contribution in [3.8, 4) is 22.5 Å². The molecule has 5 N–H and O–H groups in total. The number of hydrogen-bond donors (Lipinski definition) is 3. The molecule has 0 aliphatic rings. The van der Waals surface area contributed by atoms with Crippen molar-refractivity contribution in [1.82, 2.24) is 20.4 Å². The van der Waals surface area contributed by atoms with E-state index in [4.69, 9.17) is 11.6 Å². The Morgan fingerprint density at radius 3 is 2.26 bits per heavy atom. The molecule has 114 valence electrons. The summed E-state index contributed by atoms with van der Waals surface area (Å²) in [6, 6.07) is 14.7. The third kappa shape index (κ3) is 3.14. The Morgan fingerprint density at radius 1 is 0.957 bits per heavy atom. The van der Waals surface area contributed by atoms with Gasteiger partial charge in [-0.05, 0) is 18.2 Å². The summed E-state index contributed by atoms with van der Waals surface area (Å²) in [6.45, 7) is 0. The predicted molar refractivity (Wildman–Crippen MR) is 86.8 cm³/mol. The van der Waals surface area contributed by atoms with Crippen molar-refractivity contribution in [3.05, 3.63) is 60.6 Å². The first-order chi connectivity index (χ1) is 11.2. The third-order valence-corrected chi connectivity index (χ3v) is 3.21. The molecule has 7 nitrogen and oxygen atoms in total. The molecule has 0 saturated heterocycles. The molecule has 0 spiro atoms. The number of nitrogens with two attached hydrogens (primary N) is 2. The lowest BCUT2D eigenvalue weighted by atomic mass is 10.1. The number of aromatic nitrogens is 3. The third-order valence-electron chi connectivity index (χ3n) is 3.21. The van der Waals surface area contributed by atoms with Crippen molar-refractivity contribution in [2.75, 3.05) is 5.73 Å². The highest BCUT2D eigenvalue weighted by molar-refractivity contribution is 5.91. The maximum Gasteiger partial charge on any atom is 0.302 e. The smallest absolute Gasteiger partial charge is 0.302 e. The maximum absolute atomic E-state index is 11.8. The van der Waals surface area contributed by atoms with Crippen molar-refractivity contribution in [1.29, 1.82) is 0 Å². The molecule has 0 radical (unpaired) electrons. The number of amides is 1. The molecule has 23 heavy (non-hydrogen) atoms. The van der Waals surface area contributed by atoms with E-state index < -0.39 is 5.91 Å². The van der Waals surface area contributed by atoms with Crippen LogP contribution < -0.4 is 17.0 Å². The standard InChI is InChI=1S/C16H14N6O/c17-14-7-6-11(9-19-14)13-8-12(10-4-2-1-3-5-10)20-15(21-13)16(23)22-18/h1-9H,18H2,(H2,17,19)(H,22,23). The highest BCUT2D eigenvalue weighted by atomic mass is 16.2. The minimum atomic E-state index is -0.563. The van der Waals surface area contributed by atoms with Crippen LogP contribution in [0.2, 0.25) is 0 Å². The first-order valence-corrected chi connectivity index (χ1v) is 6.85. The van der Waals surface area contributed by atoms with E-state index in [2.05, 4.69) is 15.0 Å². The topological polar surface area (TPSA) is 120 Å². The molecule has 1 amide bonds. The number of hydrazine groups is 1. The van der Waals surface area contributed by atoms with E-state index in [0.29, 0.717) is 17.2 Å². The molecule has 1 aromatic carbocycles. The molecule has 3 aromatic rings. The zero-order chi connectivity index (χ0) is 16.2. The molecular formula is C16H14N6O. The van der Waals surface area contributed by atoms with Gasteiger partial charge < -0.3 is 5.73 Å². The largest absolute Gasteiger partial charge is 0.384 e. The van der Waals surface area contributed by atoms with Crippen LogP contribution in [0, 0.1) is 0 Å². The van der Waals surface area contributed by atoms with Crippen molar-refractivity contribution >= 4 is 11.7 Å². The molecule has 0 aliphatic carbocycles. The number of pyridine rings is 1. The van der Waals surface area contributed by atoms with Crippen LogP contribution in [0.5, 0.6) is 0 Å². The Hall–Kier alpha value is -3.32. The van der Waals surface area contributed by atoms with Crippen molar-refractivity contribution in [2.24, 2.45) is 5.84 Å². The van der Waals surface area contributed by atoms with Gasteiger partial charge in [0, 0.05) is 17.3 Å². The van der Waals surface area contributed by atoms with E-state index in [1.165, 1.54) is 0 Å². The summed E-state index contributed by atoms with van der Waals surface area (Å²) in [4.78, 5) is 24.4. The van der Waals surface area contributed by atoms with Gasteiger partial charge in [0.2, 0.25) is 5.82 Å². The Balaban J connectivity index is 2.15. The molecule has 0 unspecified atom stereocenters. The molecule has 0 saturated carbocycles. The molecule has 0 fully saturated rings. The zero-order valence-corrected chi connectivity index (χ0v) is 12.1. The average molecular weight is 306 g/mol. The van der Waals surface area contributed by atoms with Gasteiger partial charge in [-0.3, -0.25) is 10.2 Å². The highest BCUT2D eigenvalue weighted by Gasteiger charge is 2.13. The number of nitrogen functional groups attached to an aromatic ring is 2. The predicted octanol–water partition coefficient (Wildman–Crippen LogP) is 1.39. The van der Waals surface area contributed by atoms with E-state index in [1.54, 1.807) is 24.4 Å². The fraction of sp³-hybridized carbons (Fsp3) is 0. The number of rotatable bonds is 3. The highest BCUT2D eigenvalue weighted by Crippen LogP contribution is 2.23. The van der Waals surface area contributed by atoms with Gasteiger partial charge in [-0.25, -0.2) is 20.8 Å². The van der Waals surface area contributed by atoms with Gasteiger partial charge >= 0.3 is 5.91 Å². The Bertz CT molecular complexity index is 833. The molecular weight excluding hydrogens is 292 g/mol. The van der Waals surface area contributed by atoms with E-state index in [0.717, 1.165) is 11.1 Å². The lowest BCUT2D eigenvalue weighted by Crippen LogP contribution is -2.31. The van der Waals surface area contributed by atoms with Gasteiger partial charge in [-0.1, -0.05) is 30.3 Å². The second kappa shape index (κ2) is 6.20. The number of carbonyl (C=O) groups excluding carboxylic acids is 1. The second-order valence-electron chi connectivity index (χ2n) is 4.77. The van der Waals surface area contributed by atoms with E-state index >= 15 is 0 Å². The summed E-state index contributed by atoms with van der Waals surface area (Å²) in [5.74, 6) is 5.03. The fourth-order valence-electron chi connectivity index (χ4n) is 2.07. The van der Waals surface area contributed by atoms with Crippen LogP contribution >= 0.6 is 0 Å². The van der Waals surface area contributed by atoms with Gasteiger partial charge in [0.05, 0.1) is 11.4 Å². The van der Waals surface area contributed by atoms with Gasteiger partial charge in [-0.15, -0.1) is 0 Å². The van der Waals surface area contributed by atoms with Gasteiger partial charge in [-0.2, -0.15) is 0 Å². The maximum atomic E-state index is 11.8. The normalized spacial score (nSPS) is 10.3. The Labute approximate surface area is 132 Å². The van der Waals surface area contributed by atoms with Crippen LogP contribution in [0.25, 0.3) is 22.5 Å². The number of nitrogens with one attached hydrogen (secondary N) is 1. The summed E-state index contributed by atoms with van der Waals surface area (Å²) < 4.78 is 0. The number of carbonyl (C=O) groups is 1. The minimum Gasteiger partial charge on any atom is -0.384 e. The van der Waals surface area contributed by atoms with Crippen LogP contribution in [0.3, 0.4) is 0 Å². The molecule has 3 rings (SSSR count). The molecule has 7 heteroatoms. The van der Waals surface area contributed by atoms with Crippen LogP contribution in [0.15, 0.2) is 54.7 Å². The monoisotopic (exact) mass is 306 g/mol. The van der Waals surface area contributed by atoms with E-state index in [1.807, 2.05) is 35.8 Å². The SMILES string of the molecule is NNC(=O)c1nc(-c2ccccc2)cc(-c2ccc(N)nc2)n1. The van der Waals surface area contributed by atoms with Gasteiger partial charge in [0.1, 0.15) is 5.82 Å². The molecule has 0 aliphatic heterocycles. The lowest BCUT2D eigenvalue weighted by Gasteiger charge is -2.08. The molecule has 0 atom stereocenters. The first kappa shape index (κ1) is 14.6.